The van der Waals surface area contributed by atoms with Gasteiger partial charge in [0, 0.05) is 17.3 Å². The molecule has 2 aromatic carbocycles. The number of nitrogens with zero attached hydrogens (tertiary/aromatic N) is 8. The van der Waals surface area contributed by atoms with E-state index in [9.17, 15) is 0 Å². The van der Waals surface area contributed by atoms with Gasteiger partial charge in [-0.1, -0.05) is 36.4 Å². The first kappa shape index (κ1) is 17.0. The quantitative estimate of drug-likeness (QED) is 0.420. The van der Waals surface area contributed by atoms with Crippen LogP contribution >= 0.6 is 0 Å². The second-order valence-corrected chi connectivity index (χ2v) is 7.40. The van der Waals surface area contributed by atoms with Gasteiger partial charge in [-0.3, -0.25) is 14.1 Å². The standard InChI is InChI=1S/C24H14N8/c1-2-7-15(8-3-1)31-17-10-5-4-9-16(17)19-22(31)30-23-21(29-19)20-18(11-6-12-26-20)32(23)24-27-13-25-14-28-24/h1-14H. The molecule has 0 aliphatic rings. The van der Waals surface area contributed by atoms with Crippen LogP contribution in [0, 0.1) is 0 Å². The van der Waals surface area contributed by atoms with E-state index in [0.717, 1.165) is 38.8 Å². The smallest absolute Gasteiger partial charge is 0.238 e. The minimum Gasteiger partial charge on any atom is -0.292 e. The molecular weight excluding hydrogens is 400 g/mol. The molecule has 0 aliphatic heterocycles. The third kappa shape index (κ3) is 2.26. The van der Waals surface area contributed by atoms with Gasteiger partial charge in [0.25, 0.3) is 0 Å². The lowest BCUT2D eigenvalue weighted by Crippen LogP contribution is -2.03. The number of hydrogen-bond acceptors (Lipinski definition) is 6. The first-order chi connectivity index (χ1) is 15.9. The monoisotopic (exact) mass is 414 g/mol. The summed E-state index contributed by atoms with van der Waals surface area (Å²) in [6.07, 6.45) is 4.71. The number of benzene rings is 2. The van der Waals surface area contributed by atoms with Crippen molar-refractivity contribution in [1.29, 1.82) is 0 Å². The van der Waals surface area contributed by atoms with Gasteiger partial charge in [-0.05, 0) is 30.3 Å². The zero-order chi connectivity index (χ0) is 21.1. The van der Waals surface area contributed by atoms with Gasteiger partial charge in [0.15, 0.2) is 11.3 Å². The maximum absolute atomic E-state index is 5.13. The van der Waals surface area contributed by atoms with Crippen LogP contribution in [-0.2, 0) is 0 Å². The van der Waals surface area contributed by atoms with Crippen LogP contribution < -0.4 is 0 Å². The predicted molar refractivity (Wildman–Crippen MR) is 122 cm³/mol. The van der Waals surface area contributed by atoms with Crippen LogP contribution in [0.1, 0.15) is 0 Å². The molecule has 0 atom stereocenters. The fourth-order valence-corrected chi connectivity index (χ4v) is 4.32. The SMILES string of the molecule is c1ccc(-n2c3ccccc3c3nc4c5ncccc5n(-c5ncncn5)c4nc32)cc1. The van der Waals surface area contributed by atoms with E-state index in [2.05, 4.69) is 48.8 Å². The van der Waals surface area contributed by atoms with Gasteiger partial charge in [-0.15, -0.1) is 0 Å². The fourth-order valence-electron chi connectivity index (χ4n) is 4.32. The highest BCUT2D eigenvalue weighted by molar-refractivity contribution is 6.11. The lowest BCUT2D eigenvalue weighted by molar-refractivity contribution is 0.930. The van der Waals surface area contributed by atoms with E-state index in [1.165, 1.54) is 12.7 Å². The Morgan fingerprint density at radius 2 is 1.31 bits per heavy atom. The van der Waals surface area contributed by atoms with E-state index >= 15 is 0 Å². The molecule has 7 rings (SSSR count). The van der Waals surface area contributed by atoms with Crippen molar-refractivity contribution in [1.82, 2.24) is 39.0 Å². The molecule has 150 valence electrons. The topological polar surface area (TPSA) is 87.2 Å². The van der Waals surface area contributed by atoms with Crippen molar-refractivity contribution in [3.63, 3.8) is 0 Å². The Morgan fingerprint density at radius 1 is 0.562 bits per heavy atom. The highest BCUT2D eigenvalue weighted by Crippen LogP contribution is 2.34. The molecule has 0 aliphatic carbocycles. The van der Waals surface area contributed by atoms with Crippen LogP contribution in [0.3, 0.4) is 0 Å². The molecule has 32 heavy (non-hydrogen) atoms. The number of pyridine rings is 1. The van der Waals surface area contributed by atoms with Crippen LogP contribution in [0.4, 0.5) is 0 Å². The Bertz CT molecular complexity index is 1640. The highest BCUT2D eigenvalue weighted by atomic mass is 15.2. The van der Waals surface area contributed by atoms with E-state index in [4.69, 9.17) is 9.97 Å². The lowest BCUT2D eigenvalue weighted by Gasteiger charge is -2.07. The van der Waals surface area contributed by atoms with Gasteiger partial charge in [0.1, 0.15) is 29.2 Å². The van der Waals surface area contributed by atoms with Crippen LogP contribution in [0.5, 0.6) is 0 Å². The molecule has 0 amide bonds. The summed E-state index contributed by atoms with van der Waals surface area (Å²) in [5.41, 5.74) is 6.63. The average molecular weight is 414 g/mol. The van der Waals surface area contributed by atoms with Crippen LogP contribution in [0.15, 0.2) is 85.6 Å². The highest BCUT2D eigenvalue weighted by Gasteiger charge is 2.22. The normalized spacial score (nSPS) is 11.8. The minimum atomic E-state index is 0.476. The summed E-state index contributed by atoms with van der Waals surface area (Å²) >= 11 is 0. The summed E-state index contributed by atoms with van der Waals surface area (Å²) in [6.45, 7) is 0. The van der Waals surface area contributed by atoms with Crippen LogP contribution in [0.2, 0.25) is 0 Å². The van der Waals surface area contributed by atoms with E-state index < -0.39 is 0 Å². The van der Waals surface area contributed by atoms with Crippen molar-refractivity contribution in [3.8, 4) is 11.6 Å². The summed E-state index contributed by atoms with van der Waals surface area (Å²) in [5, 5.41) is 1.04. The van der Waals surface area contributed by atoms with Gasteiger partial charge in [-0.25, -0.2) is 24.9 Å². The molecule has 0 saturated carbocycles. The molecule has 5 aromatic heterocycles. The zero-order valence-electron chi connectivity index (χ0n) is 16.7. The molecule has 8 heteroatoms. The van der Waals surface area contributed by atoms with E-state index in [-0.39, 0.29) is 0 Å². The molecule has 7 aromatic rings. The second kappa shape index (κ2) is 6.39. The Hall–Kier alpha value is -4.72. The van der Waals surface area contributed by atoms with E-state index in [0.29, 0.717) is 17.1 Å². The molecule has 0 N–H and O–H groups in total. The summed E-state index contributed by atoms with van der Waals surface area (Å²) in [5.74, 6) is 0.476. The van der Waals surface area contributed by atoms with E-state index in [1.54, 1.807) is 6.20 Å². The zero-order valence-corrected chi connectivity index (χ0v) is 16.7. The molecule has 0 spiro atoms. The van der Waals surface area contributed by atoms with Crippen LogP contribution in [0.25, 0.3) is 55.9 Å². The molecule has 8 nitrogen and oxygen atoms in total. The van der Waals surface area contributed by atoms with Crippen molar-refractivity contribution in [2.75, 3.05) is 0 Å². The Morgan fingerprint density at radius 3 is 2.19 bits per heavy atom. The molecule has 0 radical (unpaired) electrons. The van der Waals surface area contributed by atoms with Gasteiger partial charge < -0.3 is 0 Å². The Kier molecular flexibility index (Phi) is 3.40. The van der Waals surface area contributed by atoms with Crippen molar-refractivity contribution in [3.05, 3.63) is 85.6 Å². The average Bonchev–Trinajstić information content (AvgIpc) is 3.36. The summed E-state index contributed by atoms with van der Waals surface area (Å²) in [6, 6.07) is 22.3. The minimum absolute atomic E-state index is 0.476. The van der Waals surface area contributed by atoms with Crippen molar-refractivity contribution in [2.24, 2.45) is 0 Å². The predicted octanol–water partition coefficient (Wildman–Crippen LogP) is 4.25. The third-order valence-corrected chi connectivity index (χ3v) is 5.63. The van der Waals surface area contributed by atoms with Gasteiger partial charge in [-0.2, -0.15) is 0 Å². The van der Waals surface area contributed by atoms with Crippen molar-refractivity contribution < 1.29 is 0 Å². The van der Waals surface area contributed by atoms with Gasteiger partial charge in [0.05, 0.1) is 11.0 Å². The first-order valence-electron chi connectivity index (χ1n) is 10.1. The number of fused-ring (bicyclic) bond motifs is 6. The van der Waals surface area contributed by atoms with Gasteiger partial charge in [0.2, 0.25) is 5.95 Å². The largest absolute Gasteiger partial charge is 0.292 e. The van der Waals surface area contributed by atoms with Crippen LogP contribution in [-0.4, -0.2) is 39.0 Å². The summed E-state index contributed by atoms with van der Waals surface area (Å²) < 4.78 is 4.03. The Balaban J connectivity index is 1.71. The Labute approximate surface area is 180 Å². The molecule has 0 saturated heterocycles. The lowest BCUT2D eigenvalue weighted by atomic mass is 10.2. The maximum atomic E-state index is 5.13. The summed E-state index contributed by atoms with van der Waals surface area (Å²) in [4.78, 5) is 27.5. The number of aromatic nitrogens is 8. The third-order valence-electron chi connectivity index (χ3n) is 5.63. The molecule has 0 fully saturated rings. The van der Waals surface area contributed by atoms with Crippen molar-refractivity contribution >= 4 is 44.3 Å². The number of para-hydroxylation sites is 2. The molecular formula is C24H14N8. The first-order valence-corrected chi connectivity index (χ1v) is 10.1. The molecule has 0 unspecified atom stereocenters. The van der Waals surface area contributed by atoms with E-state index in [1.807, 2.05) is 47.0 Å². The molecule has 0 bridgehead atoms. The van der Waals surface area contributed by atoms with Crippen molar-refractivity contribution in [2.45, 2.75) is 0 Å². The number of hydrogen-bond donors (Lipinski definition) is 0. The maximum Gasteiger partial charge on any atom is 0.238 e. The summed E-state index contributed by atoms with van der Waals surface area (Å²) in [7, 11) is 0. The fraction of sp³-hybridized carbons (Fsp3) is 0. The number of rotatable bonds is 2. The van der Waals surface area contributed by atoms with Gasteiger partial charge >= 0.3 is 0 Å². The molecule has 5 heterocycles. The second-order valence-electron chi connectivity index (χ2n) is 7.40.